The molecule has 0 aliphatic rings. The number of aliphatic hydroxyl groups excluding tert-OH is 1. The highest BCUT2D eigenvalue weighted by atomic mass is 19.4. The van der Waals surface area contributed by atoms with Gasteiger partial charge in [0.05, 0.1) is 5.56 Å². The van der Waals surface area contributed by atoms with Crippen LogP contribution in [0.15, 0.2) is 24.3 Å². The zero-order chi connectivity index (χ0) is 12.2. The second kappa shape index (κ2) is 5.12. The van der Waals surface area contributed by atoms with Gasteiger partial charge in [0.25, 0.3) is 0 Å². The minimum Gasteiger partial charge on any atom is -0.396 e. The van der Waals surface area contributed by atoms with Crippen molar-refractivity contribution >= 4 is 5.78 Å². The van der Waals surface area contributed by atoms with E-state index in [-0.39, 0.29) is 24.4 Å². The van der Waals surface area contributed by atoms with Gasteiger partial charge < -0.3 is 5.11 Å². The van der Waals surface area contributed by atoms with Crippen LogP contribution < -0.4 is 0 Å². The highest BCUT2D eigenvalue weighted by Gasteiger charge is 2.30. The molecule has 0 bridgehead atoms. The van der Waals surface area contributed by atoms with Crippen LogP contribution in [0.4, 0.5) is 13.2 Å². The molecule has 16 heavy (non-hydrogen) atoms. The van der Waals surface area contributed by atoms with Gasteiger partial charge in [-0.15, -0.1) is 0 Å². The Labute approximate surface area is 90.7 Å². The van der Waals surface area contributed by atoms with Gasteiger partial charge in [-0.2, -0.15) is 13.2 Å². The summed E-state index contributed by atoms with van der Waals surface area (Å²) in [5, 5.41) is 8.51. The second-order valence-corrected chi connectivity index (χ2v) is 3.33. The van der Waals surface area contributed by atoms with Crippen molar-refractivity contribution in [3.8, 4) is 0 Å². The number of carbonyl (C=O) groups is 1. The van der Waals surface area contributed by atoms with Gasteiger partial charge in [-0.25, -0.2) is 0 Å². The molecule has 0 heterocycles. The van der Waals surface area contributed by atoms with Gasteiger partial charge in [-0.1, -0.05) is 12.1 Å². The summed E-state index contributed by atoms with van der Waals surface area (Å²) in [4.78, 5) is 11.4. The van der Waals surface area contributed by atoms with Crippen LogP contribution in [0.2, 0.25) is 0 Å². The monoisotopic (exact) mass is 232 g/mol. The molecule has 0 saturated carbocycles. The van der Waals surface area contributed by atoms with Gasteiger partial charge in [0.2, 0.25) is 0 Å². The lowest BCUT2D eigenvalue weighted by Crippen LogP contribution is -2.06. The summed E-state index contributed by atoms with van der Waals surface area (Å²) in [5.74, 6) is -0.261. The highest BCUT2D eigenvalue weighted by Crippen LogP contribution is 2.29. The maximum atomic E-state index is 12.2. The van der Waals surface area contributed by atoms with Crippen molar-refractivity contribution in [1.82, 2.24) is 0 Å². The van der Waals surface area contributed by atoms with Crippen LogP contribution in [-0.2, 0) is 6.18 Å². The van der Waals surface area contributed by atoms with E-state index in [0.29, 0.717) is 6.42 Å². The molecular weight excluding hydrogens is 221 g/mol. The molecule has 1 aromatic carbocycles. The normalized spacial score (nSPS) is 11.5. The number of ketones is 1. The molecule has 1 rings (SSSR count). The van der Waals surface area contributed by atoms with E-state index in [9.17, 15) is 18.0 Å². The van der Waals surface area contributed by atoms with Crippen LogP contribution in [0.25, 0.3) is 0 Å². The van der Waals surface area contributed by atoms with E-state index in [2.05, 4.69) is 0 Å². The molecule has 1 N–H and O–H groups in total. The maximum Gasteiger partial charge on any atom is 0.416 e. The number of carbonyl (C=O) groups excluding carboxylic acids is 1. The molecule has 0 aliphatic heterocycles. The molecule has 0 spiro atoms. The first kappa shape index (κ1) is 12.7. The predicted molar refractivity (Wildman–Crippen MR) is 52.1 cm³/mol. The molecule has 0 aliphatic carbocycles. The number of hydrogen-bond acceptors (Lipinski definition) is 2. The zero-order valence-electron chi connectivity index (χ0n) is 8.42. The van der Waals surface area contributed by atoms with Crippen LogP contribution in [0.5, 0.6) is 0 Å². The molecule has 0 amide bonds. The lowest BCUT2D eigenvalue weighted by molar-refractivity contribution is -0.137. The van der Waals surface area contributed by atoms with Crippen molar-refractivity contribution in [2.75, 3.05) is 6.61 Å². The minimum absolute atomic E-state index is 0.105. The number of alkyl halides is 3. The average Bonchev–Trinajstić information content (AvgIpc) is 2.25. The van der Waals surface area contributed by atoms with Gasteiger partial charge in [0.15, 0.2) is 5.78 Å². The Bertz CT molecular complexity index is 354. The van der Waals surface area contributed by atoms with E-state index in [1.54, 1.807) is 0 Å². The van der Waals surface area contributed by atoms with Gasteiger partial charge in [-0.05, 0) is 18.6 Å². The first-order valence-electron chi connectivity index (χ1n) is 4.76. The molecular formula is C11H11F3O2. The van der Waals surface area contributed by atoms with E-state index in [4.69, 9.17) is 5.11 Å². The summed E-state index contributed by atoms with van der Waals surface area (Å²) < 4.78 is 36.6. The lowest BCUT2D eigenvalue weighted by atomic mass is 10.0. The Morgan fingerprint density at radius 2 is 1.75 bits per heavy atom. The third-order valence-electron chi connectivity index (χ3n) is 2.10. The summed E-state index contributed by atoms with van der Waals surface area (Å²) in [6, 6.07) is 4.07. The van der Waals surface area contributed by atoms with Crippen molar-refractivity contribution in [1.29, 1.82) is 0 Å². The Morgan fingerprint density at radius 3 is 2.19 bits per heavy atom. The van der Waals surface area contributed by atoms with E-state index in [1.165, 1.54) is 0 Å². The van der Waals surface area contributed by atoms with Crippen molar-refractivity contribution in [3.63, 3.8) is 0 Å². The third-order valence-corrected chi connectivity index (χ3v) is 2.10. The first-order chi connectivity index (χ1) is 7.45. The standard InChI is InChI=1S/C11H11F3O2/c12-11(13,14)9-5-3-8(4-6-9)10(16)2-1-7-15/h3-6,15H,1-2,7H2. The van der Waals surface area contributed by atoms with Crippen LogP contribution in [0.1, 0.15) is 28.8 Å². The van der Waals surface area contributed by atoms with Crippen LogP contribution in [0.3, 0.4) is 0 Å². The van der Waals surface area contributed by atoms with Crippen molar-refractivity contribution in [2.45, 2.75) is 19.0 Å². The maximum absolute atomic E-state index is 12.2. The van der Waals surface area contributed by atoms with Crippen LogP contribution in [0, 0.1) is 0 Å². The molecule has 0 fully saturated rings. The SMILES string of the molecule is O=C(CCCO)c1ccc(C(F)(F)F)cc1. The second-order valence-electron chi connectivity index (χ2n) is 3.33. The Kier molecular flexibility index (Phi) is 4.06. The fourth-order valence-corrected chi connectivity index (χ4v) is 1.23. The van der Waals surface area contributed by atoms with Crippen LogP contribution in [-0.4, -0.2) is 17.5 Å². The fraction of sp³-hybridized carbons (Fsp3) is 0.364. The molecule has 2 nitrogen and oxygen atoms in total. The minimum atomic E-state index is -4.38. The smallest absolute Gasteiger partial charge is 0.396 e. The number of hydrogen-bond donors (Lipinski definition) is 1. The van der Waals surface area contributed by atoms with E-state index in [0.717, 1.165) is 24.3 Å². The Hall–Kier alpha value is -1.36. The van der Waals surface area contributed by atoms with Gasteiger partial charge >= 0.3 is 6.18 Å². The third kappa shape index (κ3) is 3.34. The van der Waals surface area contributed by atoms with E-state index >= 15 is 0 Å². The van der Waals surface area contributed by atoms with Gasteiger partial charge in [0.1, 0.15) is 0 Å². The van der Waals surface area contributed by atoms with Gasteiger partial charge in [0, 0.05) is 18.6 Å². The molecule has 0 atom stereocenters. The number of rotatable bonds is 4. The number of aliphatic hydroxyl groups is 1. The topological polar surface area (TPSA) is 37.3 Å². The Morgan fingerprint density at radius 1 is 1.19 bits per heavy atom. The average molecular weight is 232 g/mol. The fourth-order valence-electron chi connectivity index (χ4n) is 1.23. The summed E-state index contributed by atoms with van der Waals surface area (Å²) in [6.45, 7) is -0.105. The first-order valence-corrected chi connectivity index (χ1v) is 4.76. The van der Waals surface area contributed by atoms with E-state index < -0.39 is 11.7 Å². The number of benzene rings is 1. The van der Waals surface area contributed by atoms with Crippen molar-refractivity contribution in [3.05, 3.63) is 35.4 Å². The summed E-state index contributed by atoms with van der Waals surface area (Å²) >= 11 is 0. The summed E-state index contributed by atoms with van der Waals surface area (Å²) in [6.07, 6.45) is -3.92. The van der Waals surface area contributed by atoms with Crippen molar-refractivity contribution < 1.29 is 23.1 Å². The molecule has 88 valence electrons. The summed E-state index contributed by atoms with van der Waals surface area (Å²) in [7, 11) is 0. The van der Waals surface area contributed by atoms with E-state index in [1.807, 2.05) is 0 Å². The molecule has 0 aromatic heterocycles. The molecule has 5 heteroatoms. The van der Waals surface area contributed by atoms with Crippen LogP contribution >= 0.6 is 0 Å². The predicted octanol–water partition coefficient (Wildman–Crippen LogP) is 2.66. The molecule has 0 unspecified atom stereocenters. The largest absolute Gasteiger partial charge is 0.416 e. The quantitative estimate of drug-likeness (QED) is 0.810. The van der Waals surface area contributed by atoms with Crippen molar-refractivity contribution in [2.24, 2.45) is 0 Å². The highest BCUT2D eigenvalue weighted by molar-refractivity contribution is 5.96. The summed E-state index contributed by atoms with van der Waals surface area (Å²) in [5.41, 5.74) is -0.535. The number of halogens is 3. The molecule has 0 radical (unpaired) electrons. The van der Waals surface area contributed by atoms with Gasteiger partial charge in [-0.3, -0.25) is 4.79 Å². The molecule has 1 aromatic rings. The molecule has 0 saturated heterocycles. The lowest BCUT2D eigenvalue weighted by Gasteiger charge is -2.06. The zero-order valence-corrected chi connectivity index (χ0v) is 8.42. The Balaban J connectivity index is 2.75. The number of Topliss-reactive ketones (excluding diaryl/α,β-unsaturated/α-hetero) is 1.